The minimum absolute atomic E-state index is 0.201. The van der Waals surface area contributed by atoms with Crippen LogP contribution in [0, 0.1) is 0 Å². The number of nitrogens with zero attached hydrogens (tertiary/aromatic N) is 2. The molecule has 1 amide bonds. The van der Waals surface area contributed by atoms with Crippen LogP contribution in [0.4, 0.5) is 4.79 Å². The fraction of sp³-hybridized carbons (Fsp3) is 0.500. The zero-order valence-corrected chi connectivity index (χ0v) is 19.8. The number of nitrogens with one attached hydrogen (secondary N) is 1. The summed E-state index contributed by atoms with van der Waals surface area (Å²) in [4.78, 5) is 46.7. The molecule has 33 heavy (non-hydrogen) atoms. The van der Waals surface area contributed by atoms with Gasteiger partial charge in [0.15, 0.2) is 5.69 Å². The summed E-state index contributed by atoms with van der Waals surface area (Å²) < 4.78 is 15.8. The van der Waals surface area contributed by atoms with E-state index >= 15 is 0 Å². The molecule has 0 saturated carbocycles. The van der Waals surface area contributed by atoms with Gasteiger partial charge in [0, 0.05) is 12.1 Å². The van der Waals surface area contributed by atoms with Crippen molar-refractivity contribution in [3.8, 4) is 11.3 Å². The first kappa shape index (κ1) is 24.3. The topological polar surface area (TPSA) is 111 Å². The second kappa shape index (κ2) is 10.1. The quantitative estimate of drug-likeness (QED) is 0.502. The maximum absolute atomic E-state index is 12.7. The maximum atomic E-state index is 12.7. The Labute approximate surface area is 193 Å². The zero-order valence-electron chi connectivity index (χ0n) is 19.8. The molecule has 3 rings (SSSR count). The largest absolute Gasteiger partial charge is 0.462 e. The van der Waals surface area contributed by atoms with Gasteiger partial charge >= 0.3 is 18.0 Å². The Balaban J connectivity index is 1.95. The highest BCUT2D eigenvalue weighted by Crippen LogP contribution is 2.34. The van der Waals surface area contributed by atoms with Crippen LogP contribution >= 0.6 is 0 Å². The van der Waals surface area contributed by atoms with E-state index in [9.17, 15) is 14.4 Å². The molecule has 1 saturated heterocycles. The number of aromatic amines is 1. The fourth-order valence-corrected chi connectivity index (χ4v) is 3.68. The lowest BCUT2D eigenvalue weighted by molar-refractivity contribution is 0.0218. The van der Waals surface area contributed by atoms with E-state index in [4.69, 9.17) is 14.2 Å². The van der Waals surface area contributed by atoms with E-state index in [1.807, 2.05) is 20.8 Å². The first-order valence-electron chi connectivity index (χ1n) is 11.2. The highest BCUT2D eigenvalue weighted by Gasteiger charge is 2.36. The third-order valence-electron chi connectivity index (χ3n) is 5.07. The summed E-state index contributed by atoms with van der Waals surface area (Å²) in [7, 11) is 0. The zero-order chi connectivity index (χ0) is 24.2. The Morgan fingerprint density at radius 1 is 1.06 bits per heavy atom. The minimum atomic E-state index is -0.616. The predicted octanol–water partition coefficient (Wildman–Crippen LogP) is 4.50. The average molecular weight is 458 g/mol. The number of hydrogen-bond acceptors (Lipinski definition) is 7. The van der Waals surface area contributed by atoms with Gasteiger partial charge in [-0.2, -0.15) is 0 Å². The van der Waals surface area contributed by atoms with Crippen LogP contribution in [0.5, 0.6) is 0 Å². The van der Waals surface area contributed by atoms with E-state index in [0.717, 1.165) is 6.42 Å². The Morgan fingerprint density at radius 2 is 1.70 bits per heavy atom. The molecule has 1 aromatic heterocycles. The van der Waals surface area contributed by atoms with Gasteiger partial charge < -0.3 is 19.2 Å². The number of ether oxygens (including phenoxy) is 3. The van der Waals surface area contributed by atoms with Crippen LogP contribution in [0.3, 0.4) is 0 Å². The van der Waals surface area contributed by atoms with Gasteiger partial charge in [-0.25, -0.2) is 19.4 Å². The number of esters is 2. The van der Waals surface area contributed by atoms with Crippen molar-refractivity contribution in [1.82, 2.24) is 14.9 Å². The third kappa shape index (κ3) is 5.71. The highest BCUT2D eigenvalue weighted by molar-refractivity contribution is 5.95. The van der Waals surface area contributed by atoms with E-state index < -0.39 is 23.6 Å². The Hall–Kier alpha value is -3.36. The molecule has 1 aliphatic rings. The van der Waals surface area contributed by atoms with Gasteiger partial charge in [0.1, 0.15) is 17.1 Å². The smallest absolute Gasteiger partial charge is 0.410 e. The van der Waals surface area contributed by atoms with Gasteiger partial charge in [0.05, 0.1) is 24.8 Å². The molecule has 1 atom stereocenters. The molecule has 1 N–H and O–H groups in total. The number of imidazole rings is 1. The second-order valence-electron chi connectivity index (χ2n) is 8.70. The van der Waals surface area contributed by atoms with Gasteiger partial charge in [-0.15, -0.1) is 0 Å². The lowest BCUT2D eigenvalue weighted by atomic mass is 10.1. The van der Waals surface area contributed by atoms with Gasteiger partial charge in [0.25, 0.3) is 0 Å². The molecule has 2 heterocycles. The first-order chi connectivity index (χ1) is 15.6. The van der Waals surface area contributed by atoms with Crippen molar-refractivity contribution < 1.29 is 28.6 Å². The maximum Gasteiger partial charge on any atom is 0.410 e. The summed E-state index contributed by atoms with van der Waals surface area (Å²) in [5, 5.41) is 0. The molecular formula is C24H31N3O6. The fourth-order valence-electron chi connectivity index (χ4n) is 3.68. The number of H-pyrrole nitrogens is 1. The number of aromatic nitrogens is 2. The van der Waals surface area contributed by atoms with Crippen LogP contribution in [0.25, 0.3) is 11.3 Å². The lowest BCUT2D eigenvalue weighted by Gasteiger charge is -2.27. The molecule has 1 unspecified atom stereocenters. The van der Waals surface area contributed by atoms with Crippen LogP contribution in [-0.2, 0) is 14.2 Å². The molecule has 0 aliphatic carbocycles. The molecule has 1 fully saturated rings. The summed E-state index contributed by atoms with van der Waals surface area (Å²) in [6, 6.07) is 6.31. The van der Waals surface area contributed by atoms with Crippen LogP contribution in [0.2, 0.25) is 0 Å². The number of carbonyl (C=O) groups is 3. The van der Waals surface area contributed by atoms with Crippen molar-refractivity contribution in [2.75, 3.05) is 19.8 Å². The number of benzene rings is 1. The van der Waals surface area contributed by atoms with Crippen molar-refractivity contribution in [1.29, 1.82) is 0 Å². The highest BCUT2D eigenvalue weighted by atomic mass is 16.6. The third-order valence-corrected chi connectivity index (χ3v) is 5.07. The molecule has 0 spiro atoms. The molecule has 9 nitrogen and oxygen atoms in total. The molecule has 1 aliphatic heterocycles. The Bertz CT molecular complexity index is 1010. The summed E-state index contributed by atoms with van der Waals surface area (Å²) in [6.45, 7) is 9.96. The van der Waals surface area contributed by atoms with Crippen molar-refractivity contribution in [3.05, 3.63) is 41.3 Å². The second-order valence-corrected chi connectivity index (χ2v) is 8.70. The molecule has 0 radical (unpaired) electrons. The van der Waals surface area contributed by atoms with Crippen LogP contribution in [0.1, 0.15) is 80.2 Å². The number of carbonyl (C=O) groups excluding carboxylic acids is 3. The molecular weight excluding hydrogens is 426 g/mol. The van der Waals surface area contributed by atoms with Crippen LogP contribution in [0.15, 0.2) is 24.3 Å². The predicted molar refractivity (Wildman–Crippen MR) is 121 cm³/mol. The molecule has 9 heteroatoms. The van der Waals surface area contributed by atoms with Crippen molar-refractivity contribution in [3.63, 3.8) is 0 Å². The van der Waals surface area contributed by atoms with E-state index in [1.54, 1.807) is 43.0 Å². The Morgan fingerprint density at radius 3 is 2.30 bits per heavy atom. The summed E-state index contributed by atoms with van der Waals surface area (Å²) in [6.07, 6.45) is 1.07. The van der Waals surface area contributed by atoms with Gasteiger partial charge in [-0.3, -0.25) is 4.90 Å². The van der Waals surface area contributed by atoms with Crippen LogP contribution < -0.4 is 0 Å². The molecule has 0 bridgehead atoms. The summed E-state index contributed by atoms with van der Waals surface area (Å²) in [5.74, 6) is -0.468. The van der Waals surface area contributed by atoms with Crippen molar-refractivity contribution in [2.45, 2.75) is 59.1 Å². The number of rotatable bonds is 6. The van der Waals surface area contributed by atoms with E-state index in [2.05, 4.69) is 9.97 Å². The van der Waals surface area contributed by atoms with Gasteiger partial charge in [0.2, 0.25) is 0 Å². The standard InChI is InChI=1S/C24H31N3O6/c1-6-31-21(28)16-12-10-15(11-13-16)18-19(22(29)32-7-2)26-20(25-18)17-9-8-14-27(17)23(30)33-24(3,4)5/h10-13,17H,6-9,14H2,1-5H3,(H,25,26). The normalized spacial score (nSPS) is 15.9. The van der Waals surface area contributed by atoms with Crippen molar-refractivity contribution in [2.24, 2.45) is 0 Å². The molecule has 2 aromatic rings. The number of amides is 1. The summed E-state index contributed by atoms with van der Waals surface area (Å²) >= 11 is 0. The van der Waals surface area contributed by atoms with Crippen LogP contribution in [-0.4, -0.2) is 58.3 Å². The van der Waals surface area contributed by atoms with E-state index in [0.29, 0.717) is 35.6 Å². The number of likely N-dealkylation sites (tertiary alicyclic amines) is 1. The van der Waals surface area contributed by atoms with Crippen molar-refractivity contribution >= 4 is 18.0 Å². The lowest BCUT2D eigenvalue weighted by Crippen LogP contribution is -2.36. The SMILES string of the molecule is CCOC(=O)c1ccc(-c2nc(C3CCCN3C(=O)OC(C)(C)C)[nH]c2C(=O)OCC)cc1. The molecule has 178 valence electrons. The van der Waals surface area contributed by atoms with E-state index in [-0.39, 0.29) is 24.9 Å². The van der Waals surface area contributed by atoms with E-state index in [1.165, 1.54) is 0 Å². The average Bonchev–Trinajstić information content (AvgIpc) is 3.40. The number of hydrogen-bond donors (Lipinski definition) is 1. The van der Waals surface area contributed by atoms with Gasteiger partial charge in [-0.05, 0) is 59.6 Å². The minimum Gasteiger partial charge on any atom is -0.462 e. The first-order valence-corrected chi connectivity index (χ1v) is 11.2. The summed E-state index contributed by atoms with van der Waals surface area (Å²) in [5.41, 5.74) is 1.02. The Kier molecular flexibility index (Phi) is 7.40. The van der Waals surface area contributed by atoms with Gasteiger partial charge in [-0.1, -0.05) is 12.1 Å². The monoisotopic (exact) mass is 457 g/mol. The molecule has 1 aromatic carbocycles.